The molecular formula is C18H18FNO. The van der Waals surface area contributed by atoms with Crippen LogP contribution in [0.15, 0.2) is 48.5 Å². The summed E-state index contributed by atoms with van der Waals surface area (Å²) < 4.78 is 12.9. The molecule has 2 aromatic rings. The Labute approximate surface area is 124 Å². The van der Waals surface area contributed by atoms with Gasteiger partial charge in [-0.05, 0) is 54.7 Å². The first-order chi connectivity index (χ1) is 10.2. The van der Waals surface area contributed by atoms with Crippen molar-refractivity contribution in [3.05, 3.63) is 59.9 Å². The zero-order valence-electron chi connectivity index (χ0n) is 11.9. The van der Waals surface area contributed by atoms with Gasteiger partial charge in [0.25, 0.3) is 5.91 Å². The van der Waals surface area contributed by atoms with Gasteiger partial charge >= 0.3 is 0 Å². The van der Waals surface area contributed by atoms with Crippen LogP contribution >= 0.6 is 0 Å². The lowest BCUT2D eigenvalue weighted by Crippen LogP contribution is -2.35. The van der Waals surface area contributed by atoms with E-state index >= 15 is 0 Å². The third-order valence-corrected chi connectivity index (χ3v) is 3.95. The van der Waals surface area contributed by atoms with E-state index in [4.69, 9.17) is 0 Å². The van der Waals surface area contributed by atoms with Crippen LogP contribution in [0.5, 0.6) is 0 Å². The van der Waals surface area contributed by atoms with E-state index in [2.05, 4.69) is 0 Å². The lowest BCUT2D eigenvalue weighted by Gasteiger charge is -2.26. The third kappa shape index (κ3) is 3.13. The number of halogens is 1. The van der Waals surface area contributed by atoms with Crippen molar-refractivity contribution in [3.8, 4) is 11.1 Å². The van der Waals surface area contributed by atoms with Crippen LogP contribution in [0.3, 0.4) is 0 Å². The molecule has 0 saturated carbocycles. The highest BCUT2D eigenvalue weighted by Crippen LogP contribution is 2.21. The molecule has 1 aliphatic rings. The molecule has 0 bridgehead atoms. The zero-order valence-corrected chi connectivity index (χ0v) is 11.9. The summed E-state index contributed by atoms with van der Waals surface area (Å²) in [5.41, 5.74) is 2.67. The van der Waals surface area contributed by atoms with Gasteiger partial charge in [-0.2, -0.15) is 0 Å². The molecule has 0 aliphatic carbocycles. The summed E-state index contributed by atoms with van der Waals surface area (Å²) in [7, 11) is 0. The average molecular weight is 283 g/mol. The van der Waals surface area contributed by atoms with Crippen LogP contribution in [0, 0.1) is 5.82 Å². The second-order valence-electron chi connectivity index (χ2n) is 5.44. The van der Waals surface area contributed by atoms with Crippen molar-refractivity contribution < 1.29 is 9.18 Å². The van der Waals surface area contributed by atoms with Crippen molar-refractivity contribution in [3.63, 3.8) is 0 Å². The van der Waals surface area contributed by atoms with Crippen LogP contribution in [0.2, 0.25) is 0 Å². The zero-order chi connectivity index (χ0) is 14.7. The van der Waals surface area contributed by atoms with E-state index < -0.39 is 0 Å². The Morgan fingerprint density at radius 1 is 0.810 bits per heavy atom. The molecule has 21 heavy (non-hydrogen) atoms. The summed E-state index contributed by atoms with van der Waals surface area (Å²) in [5.74, 6) is -0.129. The van der Waals surface area contributed by atoms with E-state index in [-0.39, 0.29) is 11.7 Å². The van der Waals surface area contributed by atoms with Gasteiger partial charge in [0, 0.05) is 18.7 Å². The number of hydrogen-bond donors (Lipinski definition) is 0. The largest absolute Gasteiger partial charge is 0.339 e. The molecule has 0 N–H and O–H groups in total. The highest BCUT2D eigenvalue weighted by atomic mass is 19.1. The number of benzene rings is 2. The molecular weight excluding hydrogens is 265 g/mol. The van der Waals surface area contributed by atoms with Crippen molar-refractivity contribution in [1.82, 2.24) is 4.90 Å². The Kier molecular flexibility index (Phi) is 4.00. The van der Waals surface area contributed by atoms with Crippen molar-refractivity contribution in [2.45, 2.75) is 19.3 Å². The number of nitrogens with zero attached hydrogens (tertiary/aromatic N) is 1. The van der Waals surface area contributed by atoms with E-state index in [0.29, 0.717) is 0 Å². The predicted octanol–water partition coefficient (Wildman–Crippen LogP) is 4.12. The van der Waals surface area contributed by atoms with Crippen molar-refractivity contribution in [2.75, 3.05) is 13.1 Å². The van der Waals surface area contributed by atoms with Gasteiger partial charge < -0.3 is 4.90 Å². The van der Waals surface area contributed by atoms with Crippen molar-refractivity contribution >= 4 is 5.91 Å². The lowest BCUT2D eigenvalue weighted by molar-refractivity contribution is 0.0724. The molecule has 1 fully saturated rings. The molecule has 1 saturated heterocycles. The molecule has 0 spiro atoms. The SMILES string of the molecule is O=C(c1ccc(-c2ccc(F)cc2)cc1)N1CCCCC1. The van der Waals surface area contributed by atoms with Crippen molar-refractivity contribution in [2.24, 2.45) is 0 Å². The molecule has 3 rings (SSSR count). The van der Waals surface area contributed by atoms with Gasteiger partial charge in [-0.25, -0.2) is 4.39 Å². The normalized spacial score (nSPS) is 15.0. The maximum absolute atomic E-state index is 12.9. The number of rotatable bonds is 2. The molecule has 1 amide bonds. The fourth-order valence-corrected chi connectivity index (χ4v) is 2.73. The molecule has 0 atom stereocenters. The van der Waals surface area contributed by atoms with E-state index in [0.717, 1.165) is 42.6 Å². The minimum Gasteiger partial charge on any atom is -0.339 e. The molecule has 1 heterocycles. The van der Waals surface area contributed by atoms with Gasteiger partial charge in [-0.15, -0.1) is 0 Å². The number of piperidine rings is 1. The fourth-order valence-electron chi connectivity index (χ4n) is 2.73. The summed E-state index contributed by atoms with van der Waals surface area (Å²) in [6.07, 6.45) is 3.41. The number of carbonyl (C=O) groups excluding carboxylic acids is 1. The fraction of sp³-hybridized carbons (Fsp3) is 0.278. The standard InChI is InChI=1S/C18H18FNO/c19-17-10-8-15(9-11-17)14-4-6-16(7-5-14)18(21)20-12-2-1-3-13-20/h4-11H,1-3,12-13H2. The van der Waals surface area contributed by atoms with Crippen LogP contribution < -0.4 is 0 Å². The van der Waals surface area contributed by atoms with Crippen molar-refractivity contribution in [1.29, 1.82) is 0 Å². The van der Waals surface area contributed by atoms with Crippen LogP contribution in [0.25, 0.3) is 11.1 Å². The minimum absolute atomic E-state index is 0.111. The quantitative estimate of drug-likeness (QED) is 0.812. The van der Waals surface area contributed by atoms with Crippen LogP contribution in [-0.2, 0) is 0 Å². The summed E-state index contributed by atoms with van der Waals surface area (Å²) in [4.78, 5) is 14.3. The molecule has 0 unspecified atom stereocenters. The number of hydrogen-bond acceptors (Lipinski definition) is 1. The van der Waals surface area contributed by atoms with Gasteiger partial charge in [-0.1, -0.05) is 24.3 Å². The summed E-state index contributed by atoms with van der Waals surface area (Å²) in [5, 5.41) is 0. The highest BCUT2D eigenvalue weighted by Gasteiger charge is 2.17. The van der Waals surface area contributed by atoms with E-state index in [1.165, 1.54) is 18.6 Å². The molecule has 108 valence electrons. The monoisotopic (exact) mass is 283 g/mol. The Morgan fingerprint density at radius 3 is 1.90 bits per heavy atom. The second-order valence-corrected chi connectivity index (χ2v) is 5.44. The van der Waals surface area contributed by atoms with Gasteiger partial charge in [-0.3, -0.25) is 4.79 Å². The number of amides is 1. The van der Waals surface area contributed by atoms with Crippen LogP contribution in [0.1, 0.15) is 29.6 Å². The minimum atomic E-state index is -0.240. The average Bonchev–Trinajstić information content (AvgIpc) is 2.56. The third-order valence-electron chi connectivity index (χ3n) is 3.95. The van der Waals surface area contributed by atoms with E-state index in [1.807, 2.05) is 29.2 Å². The Morgan fingerprint density at radius 2 is 1.33 bits per heavy atom. The Balaban J connectivity index is 1.77. The van der Waals surface area contributed by atoms with Gasteiger partial charge in [0.15, 0.2) is 0 Å². The van der Waals surface area contributed by atoms with E-state index in [9.17, 15) is 9.18 Å². The van der Waals surface area contributed by atoms with Gasteiger partial charge in [0.1, 0.15) is 5.82 Å². The molecule has 1 aliphatic heterocycles. The summed E-state index contributed by atoms with van der Waals surface area (Å²) in [6, 6.07) is 13.9. The molecule has 2 aromatic carbocycles. The van der Waals surface area contributed by atoms with Crippen LogP contribution in [-0.4, -0.2) is 23.9 Å². The number of likely N-dealkylation sites (tertiary alicyclic amines) is 1. The first-order valence-electron chi connectivity index (χ1n) is 7.39. The lowest BCUT2D eigenvalue weighted by atomic mass is 10.0. The second kappa shape index (κ2) is 6.08. The maximum atomic E-state index is 12.9. The van der Waals surface area contributed by atoms with Gasteiger partial charge in [0.2, 0.25) is 0 Å². The molecule has 0 aromatic heterocycles. The number of carbonyl (C=O) groups is 1. The Bertz CT molecular complexity index is 613. The first kappa shape index (κ1) is 13.8. The summed E-state index contributed by atoms with van der Waals surface area (Å²) >= 11 is 0. The first-order valence-corrected chi connectivity index (χ1v) is 7.39. The highest BCUT2D eigenvalue weighted by molar-refractivity contribution is 5.94. The smallest absolute Gasteiger partial charge is 0.253 e. The summed E-state index contributed by atoms with van der Waals surface area (Å²) in [6.45, 7) is 1.72. The topological polar surface area (TPSA) is 20.3 Å². The van der Waals surface area contributed by atoms with Gasteiger partial charge in [0.05, 0.1) is 0 Å². The molecule has 2 nitrogen and oxygen atoms in total. The molecule has 3 heteroatoms. The molecule has 0 radical (unpaired) electrons. The van der Waals surface area contributed by atoms with E-state index in [1.54, 1.807) is 12.1 Å². The van der Waals surface area contributed by atoms with Crippen LogP contribution in [0.4, 0.5) is 4.39 Å². The Hall–Kier alpha value is -2.16. The predicted molar refractivity (Wildman–Crippen MR) is 81.6 cm³/mol. The maximum Gasteiger partial charge on any atom is 0.253 e.